The fourth-order valence-electron chi connectivity index (χ4n) is 3.09. The number of hydrogen-bond donors (Lipinski definition) is 1. The van der Waals surface area contributed by atoms with E-state index >= 15 is 0 Å². The van der Waals surface area contributed by atoms with Crippen molar-refractivity contribution in [2.75, 3.05) is 13.1 Å². The monoisotopic (exact) mass is 248 g/mol. The SMILES string of the molecule is O=c1ccccn1CCNCC1CC2CCC1O2. The number of nitrogens with zero attached hydrogens (tertiary/aromatic N) is 1. The van der Waals surface area contributed by atoms with Crippen LogP contribution in [0.15, 0.2) is 29.2 Å². The molecule has 2 saturated heterocycles. The smallest absolute Gasteiger partial charge is 0.250 e. The first kappa shape index (κ1) is 11.9. The van der Waals surface area contributed by atoms with Gasteiger partial charge in [0.05, 0.1) is 12.2 Å². The average Bonchev–Trinajstić information content (AvgIpc) is 2.99. The third kappa shape index (κ3) is 2.49. The van der Waals surface area contributed by atoms with Crippen molar-refractivity contribution in [1.29, 1.82) is 0 Å². The summed E-state index contributed by atoms with van der Waals surface area (Å²) in [7, 11) is 0. The second kappa shape index (κ2) is 5.24. The number of fused-ring (bicyclic) bond motifs is 2. The number of aromatic nitrogens is 1. The Morgan fingerprint density at radius 1 is 1.39 bits per heavy atom. The van der Waals surface area contributed by atoms with Crippen molar-refractivity contribution in [1.82, 2.24) is 9.88 Å². The van der Waals surface area contributed by atoms with Gasteiger partial charge in [-0.3, -0.25) is 4.79 Å². The summed E-state index contributed by atoms with van der Waals surface area (Å²) in [4.78, 5) is 11.5. The molecule has 0 amide bonds. The normalized spacial score (nSPS) is 29.9. The summed E-state index contributed by atoms with van der Waals surface area (Å²) >= 11 is 0. The summed E-state index contributed by atoms with van der Waals surface area (Å²) in [6.45, 7) is 2.60. The van der Waals surface area contributed by atoms with Crippen LogP contribution in [0.1, 0.15) is 19.3 Å². The molecule has 2 bridgehead atoms. The van der Waals surface area contributed by atoms with Crippen LogP contribution in [0.25, 0.3) is 0 Å². The molecule has 3 unspecified atom stereocenters. The maximum Gasteiger partial charge on any atom is 0.250 e. The third-order valence-corrected chi connectivity index (χ3v) is 4.07. The Kier molecular flexibility index (Phi) is 3.48. The molecule has 0 aliphatic carbocycles. The van der Waals surface area contributed by atoms with Gasteiger partial charge in [-0.25, -0.2) is 0 Å². The van der Waals surface area contributed by atoms with E-state index in [9.17, 15) is 4.79 Å². The Balaban J connectivity index is 1.41. The predicted molar refractivity (Wildman–Crippen MR) is 69.6 cm³/mol. The van der Waals surface area contributed by atoms with Gasteiger partial charge in [0, 0.05) is 37.8 Å². The second-order valence-electron chi connectivity index (χ2n) is 5.31. The zero-order valence-corrected chi connectivity index (χ0v) is 10.5. The van der Waals surface area contributed by atoms with Crippen molar-refractivity contribution in [2.24, 2.45) is 5.92 Å². The fourth-order valence-corrected chi connectivity index (χ4v) is 3.09. The fraction of sp³-hybridized carbons (Fsp3) is 0.643. The van der Waals surface area contributed by atoms with Crippen molar-refractivity contribution in [2.45, 2.75) is 38.0 Å². The van der Waals surface area contributed by atoms with Crippen LogP contribution in [0, 0.1) is 5.92 Å². The van der Waals surface area contributed by atoms with Gasteiger partial charge in [0.2, 0.25) is 0 Å². The van der Waals surface area contributed by atoms with Crippen molar-refractivity contribution < 1.29 is 4.74 Å². The van der Waals surface area contributed by atoms with Crippen molar-refractivity contribution in [3.63, 3.8) is 0 Å². The van der Waals surface area contributed by atoms with Gasteiger partial charge in [-0.05, 0) is 25.3 Å². The highest BCUT2D eigenvalue weighted by atomic mass is 16.5. The summed E-state index contributed by atoms with van der Waals surface area (Å²) in [5, 5.41) is 3.45. The van der Waals surface area contributed by atoms with Gasteiger partial charge in [0.15, 0.2) is 0 Å². The number of nitrogens with one attached hydrogen (secondary N) is 1. The van der Waals surface area contributed by atoms with Gasteiger partial charge in [-0.2, -0.15) is 0 Å². The van der Waals surface area contributed by atoms with E-state index in [0.717, 1.165) is 19.6 Å². The Hall–Kier alpha value is -1.13. The van der Waals surface area contributed by atoms with Crippen LogP contribution in [-0.4, -0.2) is 29.9 Å². The summed E-state index contributed by atoms with van der Waals surface area (Å²) in [5.41, 5.74) is 0.0718. The van der Waals surface area contributed by atoms with E-state index in [1.54, 1.807) is 16.7 Å². The van der Waals surface area contributed by atoms with Crippen molar-refractivity contribution in [3.05, 3.63) is 34.7 Å². The molecule has 2 fully saturated rings. The minimum Gasteiger partial charge on any atom is -0.375 e. The maximum atomic E-state index is 11.5. The first-order valence-corrected chi connectivity index (χ1v) is 6.84. The lowest BCUT2D eigenvalue weighted by molar-refractivity contribution is 0.0924. The Morgan fingerprint density at radius 2 is 2.33 bits per heavy atom. The molecule has 4 heteroatoms. The number of ether oxygens (including phenoxy) is 1. The van der Waals surface area contributed by atoms with E-state index in [1.807, 2.05) is 12.3 Å². The Morgan fingerprint density at radius 3 is 3.06 bits per heavy atom. The molecule has 18 heavy (non-hydrogen) atoms. The first-order valence-electron chi connectivity index (χ1n) is 6.84. The quantitative estimate of drug-likeness (QED) is 0.791. The van der Waals surface area contributed by atoms with E-state index < -0.39 is 0 Å². The third-order valence-electron chi connectivity index (χ3n) is 4.07. The molecule has 0 spiro atoms. The summed E-state index contributed by atoms with van der Waals surface area (Å²) < 4.78 is 7.56. The molecule has 1 N–H and O–H groups in total. The van der Waals surface area contributed by atoms with Crippen LogP contribution in [-0.2, 0) is 11.3 Å². The van der Waals surface area contributed by atoms with Crippen LogP contribution >= 0.6 is 0 Å². The first-order chi connectivity index (χ1) is 8.83. The minimum atomic E-state index is 0.0718. The summed E-state index contributed by atoms with van der Waals surface area (Å²) in [6.07, 6.45) is 6.55. The number of pyridine rings is 1. The van der Waals surface area contributed by atoms with Gasteiger partial charge in [0.25, 0.3) is 5.56 Å². The molecule has 2 aliphatic heterocycles. The lowest BCUT2D eigenvalue weighted by Crippen LogP contribution is -2.32. The molecular weight excluding hydrogens is 228 g/mol. The largest absolute Gasteiger partial charge is 0.375 e. The van der Waals surface area contributed by atoms with Crippen LogP contribution in [0.2, 0.25) is 0 Å². The molecule has 1 aromatic rings. The van der Waals surface area contributed by atoms with E-state index in [0.29, 0.717) is 18.1 Å². The molecule has 0 saturated carbocycles. The molecule has 3 heterocycles. The van der Waals surface area contributed by atoms with Gasteiger partial charge >= 0.3 is 0 Å². The molecule has 98 valence electrons. The van der Waals surface area contributed by atoms with Crippen LogP contribution < -0.4 is 10.9 Å². The molecule has 0 aromatic carbocycles. The molecule has 3 rings (SSSR count). The Labute approximate surface area is 107 Å². The zero-order chi connectivity index (χ0) is 12.4. The van der Waals surface area contributed by atoms with Gasteiger partial charge in [-0.15, -0.1) is 0 Å². The van der Waals surface area contributed by atoms with E-state index in [2.05, 4.69) is 5.32 Å². The molecular formula is C14H20N2O2. The standard InChI is InChI=1S/C14H20N2O2/c17-14-3-1-2-7-16(14)8-6-15-10-11-9-12-4-5-13(11)18-12/h1-3,7,11-13,15H,4-6,8-10H2. The second-order valence-corrected chi connectivity index (χ2v) is 5.31. The van der Waals surface area contributed by atoms with Crippen LogP contribution in [0.3, 0.4) is 0 Å². The van der Waals surface area contributed by atoms with Gasteiger partial charge in [0.1, 0.15) is 0 Å². The molecule has 0 radical (unpaired) electrons. The highest BCUT2D eigenvalue weighted by molar-refractivity contribution is 4.93. The lowest BCUT2D eigenvalue weighted by atomic mass is 9.89. The zero-order valence-electron chi connectivity index (χ0n) is 10.5. The van der Waals surface area contributed by atoms with Gasteiger partial charge in [-0.1, -0.05) is 6.07 Å². The topological polar surface area (TPSA) is 43.3 Å². The summed E-state index contributed by atoms with van der Waals surface area (Å²) in [5.74, 6) is 0.677. The summed E-state index contributed by atoms with van der Waals surface area (Å²) in [6, 6.07) is 5.27. The molecule has 2 aliphatic rings. The molecule has 4 nitrogen and oxygen atoms in total. The van der Waals surface area contributed by atoms with Crippen LogP contribution in [0.4, 0.5) is 0 Å². The molecule has 3 atom stereocenters. The van der Waals surface area contributed by atoms with Crippen LogP contribution in [0.5, 0.6) is 0 Å². The highest BCUT2D eigenvalue weighted by Crippen LogP contribution is 2.38. The number of rotatable bonds is 5. The van der Waals surface area contributed by atoms with Crippen molar-refractivity contribution in [3.8, 4) is 0 Å². The average molecular weight is 248 g/mol. The highest BCUT2D eigenvalue weighted by Gasteiger charge is 2.40. The van der Waals surface area contributed by atoms with E-state index in [1.165, 1.54) is 19.3 Å². The maximum absolute atomic E-state index is 11.5. The van der Waals surface area contributed by atoms with Crippen molar-refractivity contribution >= 4 is 0 Å². The lowest BCUT2D eigenvalue weighted by Gasteiger charge is -2.19. The van der Waals surface area contributed by atoms with Gasteiger partial charge < -0.3 is 14.6 Å². The minimum absolute atomic E-state index is 0.0718. The molecule has 1 aromatic heterocycles. The Bertz CT molecular complexity index is 457. The van der Waals surface area contributed by atoms with E-state index in [-0.39, 0.29) is 5.56 Å². The predicted octanol–water partition coefficient (Wildman–Crippen LogP) is 1.01. The van der Waals surface area contributed by atoms with E-state index in [4.69, 9.17) is 4.74 Å². The number of hydrogen-bond acceptors (Lipinski definition) is 3.